The van der Waals surface area contributed by atoms with E-state index in [9.17, 15) is 13.7 Å². The van der Waals surface area contributed by atoms with Gasteiger partial charge in [0.25, 0.3) is 0 Å². The zero-order valence-corrected chi connectivity index (χ0v) is 15.5. The molecule has 6 nitrogen and oxygen atoms in total. The Morgan fingerprint density at radius 3 is 2.92 bits per heavy atom. The van der Waals surface area contributed by atoms with E-state index >= 15 is 0 Å². The number of nitrogens with two attached hydrogens (primary N) is 1. The topological polar surface area (TPSA) is 91.0 Å². The number of hydrogen-bond donors (Lipinski definition) is 1. The van der Waals surface area contributed by atoms with E-state index in [0.717, 1.165) is 18.7 Å². The average Bonchev–Trinajstić information content (AvgIpc) is 2.98. The predicted octanol–water partition coefficient (Wildman–Crippen LogP) is 2.63. The minimum absolute atomic E-state index is 0.172. The molecule has 2 rings (SSSR count). The van der Waals surface area contributed by atoms with Crippen LogP contribution in [0.4, 0.5) is 14.9 Å². The molecule has 0 radical (unpaired) electrons. The Morgan fingerprint density at radius 2 is 2.28 bits per heavy atom. The third-order valence-electron chi connectivity index (χ3n) is 3.89. The lowest BCUT2D eigenvalue weighted by Crippen LogP contribution is -2.26. The van der Waals surface area contributed by atoms with Crippen molar-refractivity contribution in [1.29, 1.82) is 0 Å². The van der Waals surface area contributed by atoms with Crippen LogP contribution in [-0.2, 0) is 16.1 Å². The quantitative estimate of drug-likeness (QED) is 0.638. The second-order valence-electron chi connectivity index (χ2n) is 7.03. The summed E-state index contributed by atoms with van der Waals surface area (Å²) in [5.74, 6) is -0.203. The molecule has 1 aromatic carbocycles. The van der Waals surface area contributed by atoms with E-state index in [-0.39, 0.29) is 18.3 Å². The maximum absolute atomic E-state index is 13.7. The summed E-state index contributed by atoms with van der Waals surface area (Å²) in [7, 11) is 0. The van der Waals surface area contributed by atoms with Crippen molar-refractivity contribution in [2.75, 3.05) is 24.6 Å². The SMILES string of the molecule is CC(C)(C)[S+]([O-])/N=C/c1cc(F)ccc1N1CC[C@@H](COC(N)=O)C1. The molecule has 1 aromatic rings. The smallest absolute Gasteiger partial charge is 0.404 e. The lowest BCUT2D eigenvalue weighted by Gasteiger charge is -2.21. The lowest BCUT2D eigenvalue weighted by molar-refractivity contribution is 0.140. The van der Waals surface area contributed by atoms with Gasteiger partial charge in [-0.2, -0.15) is 0 Å². The molecule has 25 heavy (non-hydrogen) atoms. The summed E-state index contributed by atoms with van der Waals surface area (Å²) in [6.45, 7) is 7.18. The number of benzene rings is 1. The molecule has 1 unspecified atom stereocenters. The zero-order valence-electron chi connectivity index (χ0n) is 14.7. The molecular weight excluding hydrogens is 345 g/mol. The van der Waals surface area contributed by atoms with Crippen molar-refractivity contribution in [3.8, 4) is 0 Å². The summed E-state index contributed by atoms with van der Waals surface area (Å²) in [4.78, 5) is 12.8. The van der Waals surface area contributed by atoms with Crippen molar-refractivity contribution >= 4 is 29.4 Å². The van der Waals surface area contributed by atoms with Gasteiger partial charge in [0.05, 0.1) is 12.8 Å². The number of carbonyl (C=O) groups excluding carboxylic acids is 1. The first kappa shape index (κ1) is 19.5. The maximum Gasteiger partial charge on any atom is 0.404 e. The first-order valence-corrected chi connectivity index (χ1v) is 9.20. The van der Waals surface area contributed by atoms with E-state index in [1.165, 1.54) is 18.3 Å². The van der Waals surface area contributed by atoms with E-state index < -0.39 is 22.2 Å². The highest BCUT2D eigenvalue weighted by molar-refractivity contribution is 7.91. The first-order valence-electron chi connectivity index (χ1n) is 8.09. The van der Waals surface area contributed by atoms with E-state index in [1.807, 2.05) is 20.8 Å². The Hall–Kier alpha value is -1.80. The van der Waals surface area contributed by atoms with Crippen LogP contribution >= 0.6 is 0 Å². The van der Waals surface area contributed by atoms with Crippen LogP contribution in [0.3, 0.4) is 0 Å². The van der Waals surface area contributed by atoms with Gasteiger partial charge in [-0.15, -0.1) is 0 Å². The molecule has 1 fully saturated rings. The second-order valence-corrected chi connectivity index (χ2v) is 8.96. The van der Waals surface area contributed by atoms with Crippen LogP contribution in [-0.4, -0.2) is 41.3 Å². The number of primary amides is 1. The molecule has 0 aromatic heterocycles. The molecule has 0 aliphatic carbocycles. The van der Waals surface area contributed by atoms with Gasteiger partial charge in [-0.1, -0.05) is 4.40 Å². The second kappa shape index (κ2) is 8.05. The van der Waals surface area contributed by atoms with Crippen LogP contribution in [0.1, 0.15) is 32.8 Å². The number of anilines is 1. The van der Waals surface area contributed by atoms with Crippen molar-refractivity contribution in [2.45, 2.75) is 31.9 Å². The maximum atomic E-state index is 13.7. The van der Waals surface area contributed by atoms with Crippen molar-refractivity contribution in [1.82, 2.24) is 0 Å². The normalized spacial score (nSPS) is 19.4. The van der Waals surface area contributed by atoms with Gasteiger partial charge in [-0.25, -0.2) is 9.18 Å². The Balaban J connectivity index is 2.14. The third kappa shape index (κ3) is 5.61. The number of carbonyl (C=O) groups is 1. The minimum Gasteiger partial charge on any atom is -0.591 e. The summed E-state index contributed by atoms with van der Waals surface area (Å²) in [6, 6.07) is 4.46. The number of hydrogen-bond acceptors (Lipinski definition) is 5. The molecule has 138 valence electrons. The molecule has 1 amide bonds. The summed E-state index contributed by atoms with van der Waals surface area (Å²) in [6.07, 6.45) is 1.53. The Bertz CT molecular complexity index is 649. The van der Waals surface area contributed by atoms with Crippen LogP contribution in [0.15, 0.2) is 22.6 Å². The predicted molar refractivity (Wildman–Crippen MR) is 97.7 cm³/mol. The molecule has 0 spiro atoms. The largest absolute Gasteiger partial charge is 0.591 e. The minimum atomic E-state index is -1.41. The highest BCUT2D eigenvalue weighted by Crippen LogP contribution is 2.28. The van der Waals surface area contributed by atoms with Gasteiger partial charge in [0.1, 0.15) is 21.9 Å². The molecule has 1 heterocycles. The van der Waals surface area contributed by atoms with Gasteiger partial charge in [-0.3, -0.25) is 0 Å². The number of rotatable bonds is 5. The zero-order chi connectivity index (χ0) is 18.6. The summed E-state index contributed by atoms with van der Waals surface area (Å²) >= 11 is -1.41. The molecule has 0 bridgehead atoms. The van der Waals surface area contributed by atoms with E-state index in [4.69, 9.17) is 10.5 Å². The summed E-state index contributed by atoms with van der Waals surface area (Å²) < 4.78 is 34.2. The number of halogens is 1. The molecule has 0 saturated carbocycles. The van der Waals surface area contributed by atoms with Gasteiger partial charge in [0, 0.05) is 30.3 Å². The monoisotopic (exact) mass is 369 g/mol. The highest BCUT2D eigenvalue weighted by Gasteiger charge is 2.27. The van der Waals surface area contributed by atoms with Crippen LogP contribution in [0.25, 0.3) is 0 Å². The van der Waals surface area contributed by atoms with E-state index in [1.54, 1.807) is 6.07 Å². The number of ether oxygens (including phenoxy) is 1. The van der Waals surface area contributed by atoms with Crippen LogP contribution in [0, 0.1) is 11.7 Å². The molecule has 1 aliphatic rings. The average molecular weight is 369 g/mol. The van der Waals surface area contributed by atoms with Crippen molar-refractivity contribution < 1.29 is 18.5 Å². The Morgan fingerprint density at radius 1 is 1.56 bits per heavy atom. The summed E-state index contributed by atoms with van der Waals surface area (Å²) in [5.41, 5.74) is 6.39. The lowest BCUT2D eigenvalue weighted by atomic mass is 10.1. The van der Waals surface area contributed by atoms with Crippen LogP contribution in [0.5, 0.6) is 0 Å². The summed E-state index contributed by atoms with van der Waals surface area (Å²) in [5, 5.41) is 0. The molecule has 2 N–H and O–H groups in total. The van der Waals surface area contributed by atoms with Gasteiger partial charge >= 0.3 is 6.09 Å². The fourth-order valence-electron chi connectivity index (χ4n) is 2.57. The molecular formula is C17H24FN3O3S. The number of amides is 1. The van der Waals surface area contributed by atoms with Crippen molar-refractivity contribution in [3.05, 3.63) is 29.6 Å². The molecule has 1 saturated heterocycles. The van der Waals surface area contributed by atoms with Gasteiger partial charge in [0.15, 0.2) is 0 Å². The van der Waals surface area contributed by atoms with Gasteiger partial charge < -0.3 is 19.9 Å². The molecule has 1 aliphatic heterocycles. The fraction of sp³-hybridized carbons (Fsp3) is 0.529. The van der Waals surface area contributed by atoms with Crippen molar-refractivity contribution in [2.24, 2.45) is 16.0 Å². The Labute approximate surface area is 150 Å². The van der Waals surface area contributed by atoms with E-state index in [0.29, 0.717) is 12.1 Å². The Kier molecular flexibility index (Phi) is 6.29. The number of nitrogens with zero attached hydrogens (tertiary/aromatic N) is 2. The van der Waals surface area contributed by atoms with E-state index in [2.05, 4.69) is 9.30 Å². The van der Waals surface area contributed by atoms with Crippen LogP contribution in [0.2, 0.25) is 0 Å². The van der Waals surface area contributed by atoms with Crippen LogP contribution < -0.4 is 10.6 Å². The van der Waals surface area contributed by atoms with Gasteiger partial charge in [-0.05, 0) is 45.4 Å². The van der Waals surface area contributed by atoms with Gasteiger partial charge in [0.2, 0.25) is 0 Å². The fourth-order valence-corrected chi connectivity index (χ4v) is 3.09. The highest BCUT2D eigenvalue weighted by atomic mass is 32.2. The molecule has 2 atom stereocenters. The standard InChI is InChI=1S/C17H24FN3O3S/c1-17(2,3)25(23)20-9-13-8-14(18)4-5-15(13)21-7-6-12(10-21)11-24-16(19)22/h4-5,8-9,12H,6-7,10-11H2,1-3H3,(H2,19,22)/b20-9+/t12-,25?/m1/s1. The van der Waals surface area contributed by atoms with Crippen molar-refractivity contribution in [3.63, 3.8) is 0 Å². The first-order chi connectivity index (χ1) is 11.7. The molecule has 8 heteroatoms. The third-order valence-corrected chi connectivity index (χ3v) is 5.23.